The van der Waals surface area contributed by atoms with Gasteiger partial charge in [-0.05, 0) is 29.3 Å². The molecular weight excluding hydrogens is 394 g/mol. The standard InChI is InChI=1S/C25H22ClN3O/c1-24(2,3)23(30)21-20(17-8-6-9-18(26)13-17)25(14-27,15-28)22-19-10-5-4-7-16(19)11-12-29(21)22/h4-13,20-22H,1-3H3/p+1. The Labute approximate surface area is 182 Å². The van der Waals surface area contributed by atoms with Crippen LogP contribution >= 0.6 is 11.6 Å². The summed E-state index contributed by atoms with van der Waals surface area (Å²) in [6, 6.07) is 18.7. The molecule has 0 aliphatic carbocycles. The Kier molecular flexibility index (Phi) is 4.82. The maximum absolute atomic E-state index is 13.7. The van der Waals surface area contributed by atoms with Crippen LogP contribution in [-0.2, 0) is 4.79 Å². The molecule has 0 spiro atoms. The number of nitrogens with zero attached hydrogens (tertiary/aromatic N) is 2. The lowest BCUT2D eigenvalue weighted by Gasteiger charge is -2.31. The Morgan fingerprint density at radius 1 is 1.10 bits per heavy atom. The van der Waals surface area contributed by atoms with Crippen LogP contribution in [-0.4, -0.2) is 11.8 Å². The third-order valence-corrected chi connectivity index (χ3v) is 6.57. The summed E-state index contributed by atoms with van der Waals surface area (Å²) in [4.78, 5) is 14.6. The number of benzene rings is 2. The fourth-order valence-corrected chi connectivity index (χ4v) is 5.23. The second kappa shape index (κ2) is 7.10. The Morgan fingerprint density at radius 2 is 1.80 bits per heavy atom. The fourth-order valence-electron chi connectivity index (χ4n) is 5.03. The lowest BCUT2D eigenvalue weighted by molar-refractivity contribution is -0.885. The van der Waals surface area contributed by atoms with Crippen molar-refractivity contribution in [1.29, 1.82) is 10.5 Å². The van der Waals surface area contributed by atoms with Crippen molar-refractivity contribution in [3.63, 3.8) is 0 Å². The number of hydrogen-bond acceptors (Lipinski definition) is 3. The van der Waals surface area contributed by atoms with E-state index < -0.39 is 28.8 Å². The predicted octanol–water partition coefficient (Wildman–Crippen LogP) is 4.07. The van der Waals surface area contributed by atoms with Gasteiger partial charge in [-0.1, -0.05) is 68.8 Å². The molecule has 1 fully saturated rings. The minimum atomic E-state index is -1.41. The van der Waals surface area contributed by atoms with E-state index in [0.717, 1.165) is 21.6 Å². The van der Waals surface area contributed by atoms with Crippen LogP contribution in [0.5, 0.6) is 0 Å². The summed E-state index contributed by atoms with van der Waals surface area (Å²) in [5, 5.41) is 21.4. The zero-order valence-corrected chi connectivity index (χ0v) is 17.9. The topological polar surface area (TPSA) is 69.1 Å². The smallest absolute Gasteiger partial charge is 0.212 e. The van der Waals surface area contributed by atoms with Crippen LogP contribution in [0.25, 0.3) is 6.08 Å². The first-order valence-corrected chi connectivity index (χ1v) is 10.4. The molecule has 30 heavy (non-hydrogen) atoms. The molecule has 4 atom stereocenters. The molecule has 0 saturated carbocycles. The molecule has 4 nitrogen and oxygen atoms in total. The summed E-state index contributed by atoms with van der Waals surface area (Å²) >= 11 is 6.28. The molecule has 0 amide bonds. The number of fused-ring (bicyclic) bond motifs is 3. The molecule has 2 aliphatic heterocycles. The molecule has 2 aromatic carbocycles. The molecule has 0 aromatic heterocycles. The molecular formula is C25H23ClN3O+. The van der Waals surface area contributed by atoms with Crippen LogP contribution in [0.1, 0.15) is 49.4 Å². The fraction of sp³-hybridized carbons (Fsp3) is 0.320. The minimum Gasteiger partial charge on any atom is -0.292 e. The predicted molar refractivity (Wildman–Crippen MR) is 115 cm³/mol. The monoisotopic (exact) mass is 416 g/mol. The Morgan fingerprint density at radius 3 is 2.43 bits per heavy atom. The van der Waals surface area contributed by atoms with Gasteiger partial charge in [0.1, 0.15) is 0 Å². The van der Waals surface area contributed by atoms with Gasteiger partial charge in [0.05, 0.1) is 24.3 Å². The number of nitrogens with one attached hydrogen (secondary N) is 1. The van der Waals surface area contributed by atoms with E-state index >= 15 is 0 Å². The Bertz CT molecular complexity index is 1120. The highest BCUT2D eigenvalue weighted by molar-refractivity contribution is 6.30. The van der Waals surface area contributed by atoms with Crippen molar-refractivity contribution in [2.45, 2.75) is 38.8 Å². The van der Waals surface area contributed by atoms with E-state index in [9.17, 15) is 15.3 Å². The lowest BCUT2D eigenvalue weighted by atomic mass is 9.66. The Hall–Kier alpha value is -2.92. The highest BCUT2D eigenvalue weighted by Gasteiger charge is 2.68. The molecule has 4 rings (SSSR count). The maximum Gasteiger partial charge on any atom is 0.212 e. The second-order valence-electron chi connectivity index (χ2n) is 9.11. The number of halogens is 1. The van der Waals surface area contributed by atoms with Gasteiger partial charge in [0.25, 0.3) is 0 Å². The van der Waals surface area contributed by atoms with Crippen molar-refractivity contribution in [2.75, 3.05) is 0 Å². The number of rotatable bonds is 2. The zero-order chi connectivity index (χ0) is 21.7. The van der Waals surface area contributed by atoms with Crippen LogP contribution in [0.2, 0.25) is 5.02 Å². The van der Waals surface area contributed by atoms with Gasteiger partial charge in [-0.25, -0.2) is 0 Å². The molecule has 0 radical (unpaired) electrons. The van der Waals surface area contributed by atoms with Gasteiger partial charge in [-0.3, -0.25) is 9.69 Å². The van der Waals surface area contributed by atoms with Gasteiger partial charge in [-0.15, -0.1) is 0 Å². The van der Waals surface area contributed by atoms with Gasteiger partial charge in [0.15, 0.2) is 17.9 Å². The summed E-state index contributed by atoms with van der Waals surface area (Å²) in [7, 11) is 0. The van der Waals surface area contributed by atoms with Crippen LogP contribution < -0.4 is 4.90 Å². The molecule has 1 N–H and O–H groups in total. The summed E-state index contributed by atoms with van der Waals surface area (Å²) in [5.41, 5.74) is 0.627. The normalized spacial score (nSPS) is 26.2. The number of carbonyl (C=O) groups excluding carboxylic acids is 1. The third kappa shape index (κ3) is 2.88. The summed E-state index contributed by atoms with van der Waals surface area (Å²) < 4.78 is 0. The average Bonchev–Trinajstić information content (AvgIpc) is 3.03. The summed E-state index contributed by atoms with van der Waals surface area (Å²) in [5.74, 6) is -0.572. The molecule has 2 aromatic rings. The largest absolute Gasteiger partial charge is 0.292 e. The lowest BCUT2D eigenvalue weighted by Crippen LogP contribution is -3.12. The highest BCUT2D eigenvalue weighted by atomic mass is 35.5. The van der Waals surface area contributed by atoms with Crippen LogP contribution in [0, 0.1) is 33.5 Å². The van der Waals surface area contributed by atoms with Gasteiger partial charge in [-0.2, -0.15) is 10.5 Å². The highest BCUT2D eigenvalue weighted by Crippen LogP contribution is 2.52. The first kappa shape index (κ1) is 20.4. The molecule has 1 saturated heterocycles. The van der Waals surface area contributed by atoms with Crippen molar-refractivity contribution in [3.8, 4) is 12.1 Å². The van der Waals surface area contributed by atoms with E-state index in [1.165, 1.54) is 0 Å². The average molecular weight is 417 g/mol. The van der Waals surface area contributed by atoms with Gasteiger partial charge < -0.3 is 0 Å². The van der Waals surface area contributed by atoms with E-state index in [1.54, 1.807) is 12.1 Å². The van der Waals surface area contributed by atoms with Crippen molar-refractivity contribution in [3.05, 3.63) is 76.4 Å². The van der Waals surface area contributed by atoms with Crippen LogP contribution in [0.3, 0.4) is 0 Å². The Balaban J connectivity index is 2.03. The molecule has 5 heteroatoms. The first-order chi connectivity index (χ1) is 14.2. The SMILES string of the molecule is CC(C)(C)C(=O)C1C(c2cccc(Cl)c2)C(C#N)(C#N)C2c3ccccc3C=C[NH+]12. The molecule has 150 valence electrons. The van der Waals surface area contributed by atoms with Gasteiger partial charge in [0, 0.05) is 16.0 Å². The maximum atomic E-state index is 13.7. The first-order valence-electron chi connectivity index (χ1n) is 10.0. The number of carbonyl (C=O) groups is 1. The second-order valence-corrected chi connectivity index (χ2v) is 9.55. The van der Waals surface area contributed by atoms with E-state index in [4.69, 9.17) is 11.6 Å². The summed E-state index contributed by atoms with van der Waals surface area (Å²) in [6.45, 7) is 5.66. The van der Waals surface area contributed by atoms with Crippen molar-refractivity contribution < 1.29 is 9.69 Å². The van der Waals surface area contributed by atoms with Crippen molar-refractivity contribution in [2.24, 2.45) is 10.8 Å². The molecule has 0 bridgehead atoms. The number of hydrogen-bond donors (Lipinski definition) is 1. The number of nitriles is 2. The molecule has 2 aliphatic rings. The van der Waals surface area contributed by atoms with Gasteiger partial charge in [0.2, 0.25) is 5.41 Å². The molecule has 4 unspecified atom stereocenters. The number of Topliss-reactive ketones (excluding diaryl/α,β-unsaturated/α-hetero) is 1. The van der Waals surface area contributed by atoms with Crippen molar-refractivity contribution >= 4 is 23.5 Å². The van der Waals surface area contributed by atoms with Crippen LogP contribution in [0.15, 0.2) is 54.7 Å². The van der Waals surface area contributed by atoms with E-state index in [-0.39, 0.29) is 5.78 Å². The van der Waals surface area contributed by atoms with Crippen LogP contribution in [0.4, 0.5) is 0 Å². The molecule has 2 heterocycles. The van der Waals surface area contributed by atoms with E-state index in [1.807, 2.05) is 69.4 Å². The zero-order valence-electron chi connectivity index (χ0n) is 17.2. The van der Waals surface area contributed by atoms with Gasteiger partial charge >= 0.3 is 0 Å². The quantitative estimate of drug-likeness (QED) is 0.802. The van der Waals surface area contributed by atoms with Crippen molar-refractivity contribution in [1.82, 2.24) is 0 Å². The number of ketones is 1. The summed E-state index contributed by atoms with van der Waals surface area (Å²) in [6.07, 6.45) is 3.94. The minimum absolute atomic E-state index is 0.0314. The van der Waals surface area contributed by atoms with E-state index in [0.29, 0.717) is 5.02 Å². The van der Waals surface area contributed by atoms with E-state index in [2.05, 4.69) is 12.1 Å². The number of quaternary nitrogens is 1. The third-order valence-electron chi connectivity index (χ3n) is 6.33.